The summed E-state index contributed by atoms with van der Waals surface area (Å²) in [7, 11) is 0. The molecule has 1 aliphatic rings. The summed E-state index contributed by atoms with van der Waals surface area (Å²) < 4.78 is 5.81. The van der Waals surface area contributed by atoms with Crippen LogP contribution in [-0.4, -0.2) is 25.5 Å². The first-order chi connectivity index (χ1) is 10.3. The molecular formula is C17H18BNO2. The zero-order valence-electron chi connectivity index (χ0n) is 11.9. The van der Waals surface area contributed by atoms with Gasteiger partial charge in [-0.15, -0.1) is 0 Å². The van der Waals surface area contributed by atoms with Crippen LogP contribution in [0.25, 0.3) is 0 Å². The molecule has 0 aromatic heterocycles. The number of rotatable bonds is 4. The van der Waals surface area contributed by atoms with Gasteiger partial charge in [0.1, 0.15) is 6.04 Å². The Morgan fingerprint density at radius 2 is 1.57 bits per heavy atom. The molecule has 2 aromatic carbocycles. The Hall–Kier alpha value is -2.07. The normalized spacial score (nSPS) is 17.4. The molecule has 2 aromatic rings. The Morgan fingerprint density at radius 3 is 2.05 bits per heavy atom. The maximum atomic E-state index is 12.3. The molecule has 0 saturated carbocycles. The third-order valence-electron chi connectivity index (χ3n) is 3.78. The molecule has 0 unspecified atom stereocenters. The molecule has 106 valence electrons. The van der Waals surface area contributed by atoms with E-state index in [1.165, 1.54) is 0 Å². The van der Waals surface area contributed by atoms with Crippen molar-refractivity contribution >= 4 is 23.8 Å². The number of hydrogen-bond donors (Lipinski definition) is 1. The fourth-order valence-corrected chi connectivity index (χ4v) is 2.67. The number of hydrogen-bond acceptors (Lipinski definition) is 3. The van der Waals surface area contributed by atoms with Crippen molar-refractivity contribution in [2.45, 2.75) is 18.9 Å². The zero-order valence-corrected chi connectivity index (χ0v) is 11.9. The summed E-state index contributed by atoms with van der Waals surface area (Å²) in [6.07, 6.45) is 1.89. The van der Waals surface area contributed by atoms with Crippen molar-refractivity contribution in [1.29, 1.82) is 0 Å². The van der Waals surface area contributed by atoms with Crippen molar-refractivity contribution in [3.05, 3.63) is 60.7 Å². The average Bonchev–Trinajstić information content (AvgIpc) is 3.09. The molecule has 1 N–H and O–H groups in total. The standard InChI is InChI=1S/C17H18BNO2/c20-17(16-12-7-13-19-16)21-18(14-8-3-1-4-9-14)15-10-5-2-6-11-15/h1-6,8-11,16,19H,7,12-13H2/t16-/m0/s1. The average molecular weight is 279 g/mol. The summed E-state index contributed by atoms with van der Waals surface area (Å²) in [5.74, 6) is -0.162. The van der Waals surface area contributed by atoms with Crippen LogP contribution >= 0.6 is 0 Å². The highest BCUT2D eigenvalue weighted by Gasteiger charge is 2.30. The van der Waals surface area contributed by atoms with Gasteiger partial charge in [-0.3, -0.25) is 4.79 Å². The van der Waals surface area contributed by atoms with Crippen LogP contribution in [-0.2, 0) is 9.45 Å². The second-order valence-corrected chi connectivity index (χ2v) is 5.29. The number of carbonyl (C=O) groups excluding carboxylic acids is 1. The summed E-state index contributed by atoms with van der Waals surface area (Å²) in [5.41, 5.74) is 1.99. The Morgan fingerprint density at radius 1 is 1.00 bits per heavy atom. The SMILES string of the molecule is O=C(OB(c1ccccc1)c1ccccc1)[C@@H]1CCCN1. The van der Waals surface area contributed by atoms with E-state index >= 15 is 0 Å². The van der Waals surface area contributed by atoms with E-state index in [1.54, 1.807) is 0 Å². The fraction of sp³-hybridized carbons (Fsp3) is 0.235. The molecule has 0 amide bonds. The predicted octanol–water partition coefficient (Wildman–Crippen LogP) is 1.09. The molecule has 4 heteroatoms. The van der Waals surface area contributed by atoms with E-state index in [0.29, 0.717) is 0 Å². The maximum absolute atomic E-state index is 12.3. The molecule has 1 heterocycles. The largest absolute Gasteiger partial charge is 0.525 e. The molecule has 3 rings (SSSR count). The van der Waals surface area contributed by atoms with E-state index in [0.717, 1.165) is 30.3 Å². The van der Waals surface area contributed by atoms with Crippen LogP contribution in [0.5, 0.6) is 0 Å². The van der Waals surface area contributed by atoms with Crippen molar-refractivity contribution in [3.63, 3.8) is 0 Å². The Labute approximate surface area is 125 Å². The van der Waals surface area contributed by atoms with Crippen molar-refractivity contribution in [2.24, 2.45) is 0 Å². The van der Waals surface area contributed by atoms with Crippen molar-refractivity contribution in [3.8, 4) is 0 Å². The van der Waals surface area contributed by atoms with Gasteiger partial charge in [0, 0.05) is 0 Å². The monoisotopic (exact) mass is 279 g/mol. The summed E-state index contributed by atoms with van der Waals surface area (Å²) >= 11 is 0. The highest BCUT2D eigenvalue weighted by molar-refractivity contribution is 6.81. The lowest BCUT2D eigenvalue weighted by Crippen LogP contribution is -2.49. The summed E-state index contributed by atoms with van der Waals surface area (Å²) in [6.45, 7) is 0.545. The first-order valence-corrected chi connectivity index (χ1v) is 7.38. The van der Waals surface area contributed by atoms with Gasteiger partial charge in [-0.05, 0) is 30.3 Å². The molecule has 3 nitrogen and oxygen atoms in total. The van der Waals surface area contributed by atoms with E-state index < -0.39 is 0 Å². The van der Waals surface area contributed by atoms with Gasteiger partial charge in [-0.2, -0.15) is 0 Å². The smallest absolute Gasteiger partial charge is 0.429 e. The van der Waals surface area contributed by atoms with Crippen LogP contribution in [0, 0.1) is 0 Å². The van der Waals surface area contributed by atoms with Gasteiger partial charge in [0.05, 0.1) is 0 Å². The van der Waals surface area contributed by atoms with Crippen LogP contribution in [0.4, 0.5) is 0 Å². The molecule has 0 spiro atoms. The first kappa shape index (κ1) is 13.9. The fourth-order valence-electron chi connectivity index (χ4n) is 2.67. The summed E-state index contributed by atoms with van der Waals surface area (Å²) in [5, 5.41) is 3.19. The van der Waals surface area contributed by atoms with Crippen LogP contribution in [0.3, 0.4) is 0 Å². The molecule has 1 saturated heterocycles. The van der Waals surface area contributed by atoms with Gasteiger partial charge in [-0.25, -0.2) is 0 Å². The van der Waals surface area contributed by atoms with Crippen molar-refractivity contribution in [2.75, 3.05) is 6.54 Å². The molecule has 0 aliphatic carbocycles. The van der Waals surface area contributed by atoms with E-state index in [4.69, 9.17) is 4.65 Å². The van der Waals surface area contributed by atoms with Gasteiger partial charge in [0.25, 0.3) is 0 Å². The summed E-state index contributed by atoms with van der Waals surface area (Å²) in [4.78, 5) is 12.3. The van der Waals surface area contributed by atoms with E-state index in [-0.39, 0.29) is 18.9 Å². The van der Waals surface area contributed by atoms with Gasteiger partial charge >= 0.3 is 12.9 Å². The Bertz CT molecular complexity index is 543. The minimum absolute atomic E-state index is 0.162. The zero-order chi connectivity index (χ0) is 14.5. The van der Waals surface area contributed by atoms with Crippen molar-refractivity contribution in [1.82, 2.24) is 5.32 Å². The highest BCUT2D eigenvalue weighted by Crippen LogP contribution is 2.07. The van der Waals surface area contributed by atoms with Crippen LogP contribution in [0.1, 0.15) is 12.8 Å². The lowest BCUT2D eigenvalue weighted by molar-refractivity contribution is -0.136. The molecule has 0 radical (unpaired) electrons. The number of carbonyl (C=O) groups is 1. The molecule has 1 aliphatic heterocycles. The van der Waals surface area contributed by atoms with Gasteiger partial charge in [0.2, 0.25) is 0 Å². The second-order valence-electron chi connectivity index (χ2n) is 5.29. The quantitative estimate of drug-likeness (QED) is 0.851. The first-order valence-electron chi connectivity index (χ1n) is 7.38. The van der Waals surface area contributed by atoms with Gasteiger partial charge in [0.15, 0.2) is 0 Å². The van der Waals surface area contributed by atoms with Crippen molar-refractivity contribution < 1.29 is 9.45 Å². The third-order valence-corrected chi connectivity index (χ3v) is 3.78. The van der Waals surface area contributed by atoms with Crippen LogP contribution in [0.15, 0.2) is 60.7 Å². The van der Waals surface area contributed by atoms with Crippen LogP contribution in [0.2, 0.25) is 0 Å². The Kier molecular flexibility index (Phi) is 4.36. The minimum Gasteiger partial charge on any atom is -0.525 e. The molecule has 21 heavy (non-hydrogen) atoms. The lowest BCUT2D eigenvalue weighted by atomic mass is 9.55. The highest BCUT2D eigenvalue weighted by atomic mass is 16.5. The van der Waals surface area contributed by atoms with E-state index in [2.05, 4.69) is 5.32 Å². The predicted molar refractivity (Wildman–Crippen MR) is 85.0 cm³/mol. The summed E-state index contributed by atoms with van der Waals surface area (Å²) in [6, 6.07) is 19.6. The number of nitrogens with one attached hydrogen (secondary N) is 1. The van der Waals surface area contributed by atoms with E-state index in [9.17, 15) is 4.79 Å². The molecular weight excluding hydrogens is 261 g/mol. The number of benzene rings is 2. The molecule has 1 fully saturated rings. The third kappa shape index (κ3) is 3.34. The second kappa shape index (κ2) is 6.59. The van der Waals surface area contributed by atoms with E-state index in [1.807, 2.05) is 60.7 Å². The maximum Gasteiger partial charge on any atom is 0.429 e. The van der Waals surface area contributed by atoms with Crippen LogP contribution < -0.4 is 16.2 Å². The lowest BCUT2D eigenvalue weighted by Gasteiger charge is -2.18. The van der Waals surface area contributed by atoms with Gasteiger partial charge < -0.3 is 9.97 Å². The minimum atomic E-state index is -0.345. The topological polar surface area (TPSA) is 38.3 Å². The van der Waals surface area contributed by atoms with Gasteiger partial charge in [-0.1, -0.05) is 60.7 Å². The molecule has 0 bridgehead atoms. The molecule has 1 atom stereocenters. The Balaban J connectivity index is 1.84.